The van der Waals surface area contributed by atoms with Gasteiger partial charge >= 0.3 is 0 Å². The summed E-state index contributed by atoms with van der Waals surface area (Å²) in [7, 11) is 0. The van der Waals surface area contributed by atoms with E-state index in [1.54, 1.807) is 0 Å². The van der Waals surface area contributed by atoms with E-state index in [9.17, 15) is 0 Å². The summed E-state index contributed by atoms with van der Waals surface area (Å²) < 4.78 is 0. The smallest absolute Gasteiger partial charge is 0.109 e. The van der Waals surface area contributed by atoms with Gasteiger partial charge in [-0.15, -0.1) is 0 Å². The third-order valence-electron chi connectivity index (χ3n) is 6.54. The number of anilines is 4. The van der Waals surface area contributed by atoms with Crippen molar-refractivity contribution in [2.75, 3.05) is 22.1 Å². The highest BCUT2D eigenvalue weighted by Crippen LogP contribution is 2.30. The molecule has 0 bridgehead atoms. The molecule has 2 aliphatic carbocycles. The zero-order chi connectivity index (χ0) is 25.2. The van der Waals surface area contributed by atoms with Crippen molar-refractivity contribution in [3.05, 3.63) is 120 Å². The van der Waals surface area contributed by atoms with Crippen LogP contribution in [0.3, 0.4) is 0 Å². The van der Waals surface area contributed by atoms with Gasteiger partial charge in [0.25, 0.3) is 0 Å². The molecule has 0 fully saturated rings. The van der Waals surface area contributed by atoms with E-state index in [0.717, 1.165) is 45.0 Å². The Balaban J connectivity index is 1.23. The first kappa shape index (κ1) is 23.5. The average molecular weight is 477 g/mol. The molecule has 2 atom stereocenters. The summed E-state index contributed by atoms with van der Waals surface area (Å²) >= 11 is 0. The van der Waals surface area contributed by atoms with E-state index in [-0.39, 0.29) is 0 Å². The fraction of sp³-hybridized carbons (Fsp3) is 0.133. The van der Waals surface area contributed by atoms with Gasteiger partial charge < -0.3 is 33.6 Å². The van der Waals surface area contributed by atoms with Crippen LogP contribution in [0.25, 0.3) is 11.1 Å². The van der Waals surface area contributed by atoms with Crippen LogP contribution in [-0.2, 0) is 0 Å². The van der Waals surface area contributed by atoms with E-state index in [1.165, 1.54) is 0 Å². The lowest BCUT2D eigenvalue weighted by Crippen LogP contribution is -2.47. The molecule has 2 unspecified atom stereocenters. The summed E-state index contributed by atoms with van der Waals surface area (Å²) in [4.78, 5) is 0. The Kier molecular flexibility index (Phi) is 6.14. The Morgan fingerprint density at radius 1 is 0.583 bits per heavy atom. The highest BCUT2D eigenvalue weighted by Gasteiger charge is 2.25. The van der Waals surface area contributed by atoms with Crippen LogP contribution >= 0.6 is 0 Å². The third kappa shape index (κ3) is 5.35. The zero-order valence-corrected chi connectivity index (χ0v) is 20.1. The van der Waals surface area contributed by atoms with Crippen LogP contribution in [0.1, 0.15) is 24.0 Å². The monoisotopic (exact) mass is 476 g/mol. The van der Waals surface area contributed by atoms with Crippen LogP contribution in [0, 0.1) is 0 Å². The highest BCUT2D eigenvalue weighted by molar-refractivity contribution is 5.78. The van der Waals surface area contributed by atoms with E-state index in [4.69, 9.17) is 22.9 Å². The van der Waals surface area contributed by atoms with Crippen LogP contribution in [-0.4, -0.2) is 11.3 Å². The summed E-state index contributed by atoms with van der Waals surface area (Å²) in [6, 6.07) is 23.7. The number of hydrogen-bond donors (Lipinski definition) is 6. The Hall–Kier alpha value is -4.26. The topological polar surface area (TPSA) is 128 Å². The summed E-state index contributed by atoms with van der Waals surface area (Å²) in [6.07, 6.45) is 13.7. The van der Waals surface area contributed by atoms with E-state index in [2.05, 4.69) is 34.9 Å². The second kappa shape index (κ2) is 9.41. The third-order valence-corrected chi connectivity index (χ3v) is 6.54. The molecule has 3 aromatic rings. The molecule has 6 nitrogen and oxygen atoms in total. The van der Waals surface area contributed by atoms with Crippen molar-refractivity contribution >= 4 is 33.9 Å². The van der Waals surface area contributed by atoms with Gasteiger partial charge in [0.2, 0.25) is 0 Å². The maximum Gasteiger partial charge on any atom is 0.109 e. The van der Waals surface area contributed by atoms with Gasteiger partial charge in [0.05, 0.1) is 0 Å². The van der Waals surface area contributed by atoms with Crippen molar-refractivity contribution in [2.45, 2.75) is 24.2 Å². The van der Waals surface area contributed by atoms with Gasteiger partial charge in [-0.2, -0.15) is 0 Å². The molecule has 0 saturated carbocycles. The van der Waals surface area contributed by atoms with Gasteiger partial charge in [-0.25, -0.2) is 0 Å². The van der Waals surface area contributed by atoms with Gasteiger partial charge in [0.1, 0.15) is 11.3 Å². The predicted molar refractivity (Wildman–Crippen MR) is 153 cm³/mol. The summed E-state index contributed by atoms with van der Waals surface area (Å²) in [5, 5.41) is 6.93. The maximum absolute atomic E-state index is 6.66. The van der Waals surface area contributed by atoms with E-state index >= 15 is 0 Å². The molecule has 0 radical (unpaired) electrons. The molecule has 0 saturated heterocycles. The lowest BCUT2D eigenvalue weighted by atomic mass is 9.92. The van der Waals surface area contributed by atoms with E-state index in [1.807, 2.05) is 84.9 Å². The molecule has 5 rings (SSSR count). The molecule has 6 heteroatoms. The Bertz CT molecular complexity index is 1260. The Morgan fingerprint density at radius 3 is 1.36 bits per heavy atom. The number of allylic oxidation sites excluding steroid dienone is 4. The van der Waals surface area contributed by atoms with Crippen LogP contribution < -0.4 is 33.6 Å². The normalized spacial score (nSPS) is 23.1. The lowest BCUT2D eigenvalue weighted by Gasteiger charge is -2.32. The van der Waals surface area contributed by atoms with Crippen LogP contribution in [0.5, 0.6) is 0 Å². The van der Waals surface area contributed by atoms with Gasteiger partial charge in [-0.1, -0.05) is 54.6 Å². The standard InChI is InChI=1S/C30H32N6/c31-25-8-4-21(5-9-25)23-12-16-29(33,17-13-23)35-27-2-1-3-28(20-27)36-30(34)18-14-24(15-19-30)22-6-10-26(32)11-7-22/h1-16,18,20,35-36H,17,19,31-34H2. The first-order chi connectivity index (χ1) is 17.3. The molecule has 36 heavy (non-hydrogen) atoms. The lowest BCUT2D eigenvalue weighted by molar-refractivity contribution is 0.605. The molecule has 0 amide bonds. The fourth-order valence-electron chi connectivity index (χ4n) is 4.48. The molecule has 0 aliphatic heterocycles. The maximum atomic E-state index is 6.66. The first-order valence-corrected chi connectivity index (χ1v) is 12.0. The van der Waals surface area contributed by atoms with E-state index < -0.39 is 11.3 Å². The number of hydrogen-bond acceptors (Lipinski definition) is 6. The zero-order valence-electron chi connectivity index (χ0n) is 20.1. The summed E-state index contributed by atoms with van der Waals surface area (Å²) in [5.74, 6) is 0. The summed E-state index contributed by atoms with van der Waals surface area (Å²) in [6.45, 7) is 0. The molecule has 2 aliphatic rings. The van der Waals surface area contributed by atoms with Crippen molar-refractivity contribution in [1.29, 1.82) is 0 Å². The fourth-order valence-corrected chi connectivity index (χ4v) is 4.48. The van der Waals surface area contributed by atoms with Crippen molar-refractivity contribution in [3.63, 3.8) is 0 Å². The number of nitrogens with one attached hydrogen (secondary N) is 2. The summed E-state index contributed by atoms with van der Waals surface area (Å²) in [5.41, 5.74) is 31.4. The van der Waals surface area contributed by atoms with Crippen LogP contribution in [0.4, 0.5) is 22.7 Å². The minimum atomic E-state index is -0.683. The van der Waals surface area contributed by atoms with E-state index in [0.29, 0.717) is 12.8 Å². The molecule has 10 N–H and O–H groups in total. The number of benzene rings is 3. The van der Waals surface area contributed by atoms with Gasteiger partial charge in [0.15, 0.2) is 0 Å². The van der Waals surface area contributed by atoms with Gasteiger partial charge in [0, 0.05) is 35.6 Å². The predicted octanol–water partition coefficient (Wildman–Crippen LogP) is 5.07. The molecule has 0 spiro atoms. The Morgan fingerprint density at radius 2 is 1.00 bits per heavy atom. The van der Waals surface area contributed by atoms with Crippen molar-refractivity contribution in [2.24, 2.45) is 11.5 Å². The molecular formula is C30H32N6. The molecule has 182 valence electrons. The van der Waals surface area contributed by atoms with Gasteiger partial charge in [-0.3, -0.25) is 0 Å². The molecular weight excluding hydrogens is 444 g/mol. The van der Waals surface area contributed by atoms with Gasteiger partial charge in [-0.05, 0) is 76.9 Å². The molecule has 0 heterocycles. The minimum absolute atomic E-state index is 0.656. The Labute approximate surface area is 212 Å². The molecule has 0 aromatic heterocycles. The highest BCUT2D eigenvalue weighted by atomic mass is 15.1. The SMILES string of the molecule is Nc1ccc(C2=CCC(N)(Nc3cccc(NC4(N)C=CC(c5ccc(N)cc5)=CC4)c3)C=C2)cc1. The average Bonchev–Trinajstić information content (AvgIpc) is 2.86. The second-order valence-corrected chi connectivity index (χ2v) is 9.55. The van der Waals surface area contributed by atoms with Crippen molar-refractivity contribution < 1.29 is 0 Å². The minimum Gasteiger partial charge on any atom is -0.399 e. The van der Waals surface area contributed by atoms with Crippen molar-refractivity contribution in [1.82, 2.24) is 0 Å². The number of rotatable bonds is 6. The first-order valence-electron chi connectivity index (χ1n) is 12.0. The second-order valence-electron chi connectivity index (χ2n) is 9.55. The largest absolute Gasteiger partial charge is 0.399 e. The van der Waals surface area contributed by atoms with Crippen LogP contribution in [0.15, 0.2) is 109 Å². The quantitative estimate of drug-likeness (QED) is 0.218. The molecule has 3 aromatic carbocycles. The number of nitrogens with two attached hydrogens (primary N) is 4. The van der Waals surface area contributed by atoms with Crippen molar-refractivity contribution in [3.8, 4) is 0 Å². The van der Waals surface area contributed by atoms with Crippen LogP contribution in [0.2, 0.25) is 0 Å². The number of nitrogen functional groups attached to an aromatic ring is 2.